The highest BCUT2D eigenvalue weighted by molar-refractivity contribution is 6.76. The number of rotatable bonds is 12. The normalized spacial score (nSPS) is 15.3. The Morgan fingerprint density at radius 3 is 2.45 bits per heavy atom. The molecule has 1 aliphatic heterocycles. The zero-order valence-electron chi connectivity index (χ0n) is 22.4. The number of halogens is 5. The molecule has 0 bridgehead atoms. The highest BCUT2D eigenvalue weighted by Gasteiger charge is 2.37. The second-order valence-corrected chi connectivity index (χ2v) is 16.9. The summed E-state index contributed by atoms with van der Waals surface area (Å²) in [7, 11) is -1.42. The van der Waals surface area contributed by atoms with Gasteiger partial charge in [-0.25, -0.2) is 13.8 Å². The molecule has 0 amide bonds. The number of nitrogens with zero attached hydrogens (tertiary/aromatic N) is 2. The predicted octanol–water partition coefficient (Wildman–Crippen LogP) is 6.09. The van der Waals surface area contributed by atoms with Crippen LogP contribution in [0.5, 0.6) is 11.5 Å². The summed E-state index contributed by atoms with van der Waals surface area (Å²) in [6.07, 6.45) is -2.91. The van der Waals surface area contributed by atoms with E-state index in [1.807, 2.05) is 0 Å². The topological polar surface area (TPSA) is 82.8 Å². The number of aromatic nitrogens is 2. The number of pyridine rings is 1. The van der Waals surface area contributed by atoms with E-state index in [1.54, 1.807) is 0 Å². The molecule has 1 aromatic carbocycles. The maximum Gasteiger partial charge on any atom is 0.418 e. The maximum absolute atomic E-state index is 14.9. The average molecular weight is 587 g/mol. The largest absolute Gasteiger partial charge is 0.450 e. The van der Waals surface area contributed by atoms with Crippen molar-refractivity contribution in [3.05, 3.63) is 53.4 Å². The predicted molar refractivity (Wildman–Crippen MR) is 139 cm³/mol. The molecule has 2 aromatic heterocycles. The third kappa shape index (κ3) is 7.25. The van der Waals surface area contributed by atoms with Gasteiger partial charge in [-0.1, -0.05) is 19.6 Å². The van der Waals surface area contributed by atoms with Gasteiger partial charge in [0.25, 0.3) is 0 Å². The molecule has 7 nitrogen and oxygen atoms in total. The number of fused-ring (bicyclic) bond motifs is 1. The standard InChI is InChI=1S/C27H31F5N2O5Si/c1-40(2,3)9-8-37-16-34-13-19(27(30,31)32)23-22(5-7-33-25(23)34)39-24-20(28)11-17(12-21(24)29)10-18(35)4-6-26(36)14-38-15-26/h5,7,11-13,36H,4,6,8-10,14-16H2,1-3H3. The number of hydrogen-bond donors (Lipinski definition) is 1. The van der Waals surface area contributed by atoms with E-state index in [4.69, 9.17) is 14.2 Å². The van der Waals surface area contributed by atoms with Crippen LogP contribution in [-0.2, 0) is 33.6 Å². The van der Waals surface area contributed by atoms with Crippen LogP contribution in [-0.4, -0.2) is 53.9 Å². The summed E-state index contributed by atoms with van der Waals surface area (Å²) in [5, 5.41) is 9.57. The molecule has 0 radical (unpaired) electrons. The van der Waals surface area contributed by atoms with Gasteiger partial charge in [0.1, 0.15) is 29.5 Å². The number of hydrogen-bond acceptors (Lipinski definition) is 6. The monoisotopic (exact) mass is 586 g/mol. The first-order chi connectivity index (χ1) is 18.7. The van der Waals surface area contributed by atoms with Crippen LogP contribution in [0.25, 0.3) is 11.0 Å². The van der Waals surface area contributed by atoms with Crippen molar-refractivity contribution in [2.75, 3.05) is 19.8 Å². The first-order valence-electron chi connectivity index (χ1n) is 12.8. The van der Waals surface area contributed by atoms with Gasteiger partial charge < -0.3 is 23.9 Å². The molecule has 0 aliphatic carbocycles. The number of carbonyl (C=O) groups is 1. The van der Waals surface area contributed by atoms with Crippen molar-refractivity contribution in [3.8, 4) is 11.5 Å². The van der Waals surface area contributed by atoms with Gasteiger partial charge in [0.05, 0.1) is 24.2 Å². The number of ketones is 1. The Labute approximate surface area is 228 Å². The molecular weight excluding hydrogens is 555 g/mol. The third-order valence-electron chi connectivity index (χ3n) is 6.53. The Morgan fingerprint density at radius 2 is 1.88 bits per heavy atom. The minimum Gasteiger partial charge on any atom is -0.450 e. The molecule has 218 valence electrons. The van der Waals surface area contributed by atoms with Gasteiger partial charge in [-0.3, -0.25) is 4.79 Å². The Balaban J connectivity index is 1.55. The lowest BCUT2D eigenvalue weighted by atomic mass is 9.93. The zero-order valence-corrected chi connectivity index (χ0v) is 23.4. The average Bonchev–Trinajstić information content (AvgIpc) is 3.21. The molecule has 4 rings (SSSR count). The zero-order chi connectivity index (χ0) is 29.3. The Hall–Kier alpha value is -2.87. The molecule has 0 spiro atoms. The van der Waals surface area contributed by atoms with Gasteiger partial charge >= 0.3 is 6.18 Å². The summed E-state index contributed by atoms with van der Waals surface area (Å²) >= 11 is 0. The summed E-state index contributed by atoms with van der Waals surface area (Å²) in [5.41, 5.74) is -2.23. The van der Waals surface area contributed by atoms with Gasteiger partial charge in [0.15, 0.2) is 17.4 Å². The van der Waals surface area contributed by atoms with Crippen LogP contribution in [0.1, 0.15) is 24.0 Å². The van der Waals surface area contributed by atoms with E-state index in [-0.39, 0.29) is 56.2 Å². The number of benzene rings is 1. The molecule has 1 saturated heterocycles. The lowest BCUT2D eigenvalue weighted by Gasteiger charge is -2.36. The maximum atomic E-state index is 14.9. The Morgan fingerprint density at radius 1 is 1.20 bits per heavy atom. The van der Waals surface area contributed by atoms with Gasteiger partial charge in [0.2, 0.25) is 0 Å². The highest BCUT2D eigenvalue weighted by atomic mass is 28.3. The van der Waals surface area contributed by atoms with Crippen molar-refractivity contribution >= 4 is 24.9 Å². The lowest BCUT2D eigenvalue weighted by Crippen LogP contribution is -2.49. The van der Waals surface area contributed by atoms with Crippen molar-refractivity contribution in [2.24, 2.45) is 0 Å². The smallest absolute Gasteiger partial charge is 0.418 e. The van der Waals surface area contributed by atoms with Crippen LogP contribution < -0.4 is 4.74 Å². The van der Waals surface area contributed by atoms with E-state index in [9.17, 15) is 31.9 Å². The van der Waals surface area contributed by atoms with Crippen molar-refractivity contribution in [3.63, 3.8) is 0 Å². The SMILES string of the molecule is C[Si](C)(C)CCOCn1cc(C(F)(F)F)c2c(Oc3c(F)cc(CC(=O)CCC4(O)COC4)cc3F)ccnc21. The van der Waals surface area contributed by atoms with Crippen LogP contribution >= 0.6 is 0 Å². The molecule has 1 aliphatic rings. The van der Waals surface area contributed by atoms with E-state index in [0.717, 1.165) is 30.4 Å². The van der Waals surface area contributed by atoms with Crippen molar-refractivity contribution in [1.29, 1.82) is 0 Å². The molecule has 3 aromatic rings. The minimum absolute atomic E-state index is 0.00455. The third-order valence-corrected chi connectivity index (χ3v) is 8.24. The second-order valence-electron chi connectivity index (χ2n) is 11.3. The molecule has 40 heavy (non-hydrogen) atoms. The van der Waals surface area contributed by atoms with E-state index >= 15 is 0 Å². The highest BCUT2D eigenvalue weighted by Crippen LogP contribution is 2.42. The fourth-order valence-electron chi connectivity index (χ4n) is 4.22. The van der Waals surface area contributed by atoms with Crippen LogP contribution in [0.2, 0.25) is 25.7 Å². The summed E-state index contributed by atoms with van der Waals surface area (Å²) in [4.78, 5) is 16.3. The summed E-state index contributed by atoms with van der Waals surface area (Å²) < 4.78 is 88.8. The minimum atomic E-state index is -4.80. The van der Waals surface area contributed by atoms with Gasteiger partial charge in [0, 0.05) is 39.9 Å². The molecule has 1 fully saturated rings. The number of aliphatic hydroxyl groups is 1. The van der Waals surface area contributed by atoms with E-state index in [2.05, 4.69) is 24.6 Å². The number of alkyl halides is 3. The first-order valence-corrected chi connectivity index (χ1v) is 16.5. The lowest BCUT2D eigenvalue weighted by molar-refractivity contribution is -0.182. The molecular formula is C27H31F5N2O5Si. The van der Waals surface area contributed by atoms with Gasteiger partial charge in [-0.2, -0.15) is 13.2 Å². The summed E-state index contributed by atoms with van der Waals surface area (Å²) in [6, 6.07) is 3.72. The van der Waals surface area contributed by atoms with Crippen molar-refractivity contribution < 1.29 is 46.1 Å². The van der Waals surface area contributed by atoms with Crippen molar-refractivity contribution in [1.82, 2.24) is 9.55 Å². The van der Waals surface area contributed by atoms with E-state index in [1.165, 1.54) is 10.8 Å². The van der Waals surface area contributed by atoms with Crippen LogP contribution in [0.3, 0.4) is 0 Å². The molecule has 1 N–H and O–H groups in total. The molecule has 0 unspecified atom stereocenters. The Kier molecular flexibility index (Phi) is 8.69. The molecule has 13 heteroatoms. The number of carbonyl (C=O) groups excluding carboxylic acids is 1. The van der Waals surface area contributed by atoms with E-state index < -0.39 is 53.9 Å². The molecule has 3 heterocycles. The Bertz CT molecular complexity index is 1360. The first kappa shape index (κ1) is 30.1. The molecule has 0 atom stereocenters. The summed E-state index contributed by atoms with van der Waals surface area (Å²) in [6.45, 7) is 6.87. The van der Waals surface area contributed by atoms with Crippen LogP contribution in [0.15, 0.2) is 30.6 Å². The number of Topliss-reactive ketones (excluding diaryl/α,β-unsaturated/α-hetero) is 1. The number of ether oxygens (including phenoxy) is 3. The van der Waals surface area contributed by atoms with Gasteiger partial charge in [-0.05, 0) is 36.2 Å². The second kappa shape index (κ2) is 11.5. The molecule has 0 saturated carbocycles. The summed E-state index contributed by atoms with van der Waals surface area (Å²) in [5.74, 6) is -4.04. The van der Waals surface area contributed by atoms with Gasteiger partial charge in [-0.15, -0.1) is 0 Å². The van der Waals surface area contributed by atoms with Crippen molar-refractivity contribution in [2.45, 2.75) is 63.5 Å². The van der Waals surface area contributed by atoms with E-state index in [0.29, 0.717) is 6.61 Å². The quantitative estimate of drug-likeness (QED) is 0.157. The fourth-order valence-corrected chi connectivity index (χ4v) is 4.97. The van der Waals surface area contributed by atoms with Crippen LogP contribution in [0, 0.1) is 11.6 Å². The fraction of sp³-hybridized carbons (Fsp3) is 0.481. The van der Waals surface area contributed by atoms with Crippen LogP contribution in [0.4, 0.5) is 22.0 Å².